The highest BCUT2D eigenvalue weighted by Gasteiger charge is 2.10. The molecule has 0 spiro atoms. The molecular formula is C24H13ClS2. The standard InChI is InChI=1S/C24H13ClS2/c25-16-7-10-24-20(13-16)19-12-15(6-9-23(19)27-24)14-5-8-22-18(11-14)17-3-1-2-4-21(17)26-22/h1-13H. The van der Waals surface area contributed by atoms with Crippen molar-refractivity contribution in [2.75, 3.05) is 0 Å². The molecule has 128 valence electrons. The van der Waals surface area contributed by atoms with E-state index < -0.39 is 0 Å². The zero-order valence-electron chi connectivity index (χ0n) is 14.2. The summed E-state index contributed by atoms with van der Waals surface area (Å²) in [5, 5.41) is 6.00. The van der Waals surface area contributed by atoms with Crippen LogP contribution in [-0.2, 0) is 0 Å². The molecule has 0 aliphatic heterocycles. The van der Waals surface area contributed by atoms with Gasteiger partial charge in [-0.15, -0.1) is 22.7 Å². The average Bonchev–Trinajstić information content (AvgIpc) is 3.25. The minimum atomic E-state index is 0.791. The number of hydrogen-bond acceptors (Lipinski definition) is 2. The van der Waals surface area contributed by atoms with Crippen LogP contribution in [0.5, 0.6) is 0 Å². The van der Waals surface area contributed by atoms with E-state index in [1.54, 1.807) is 0 Å². The summed E-state index contributed by atoms with van der Waals surface area (Å²) in [6.45, 7) is 0. The van der Waals surface area contributed by atoms with E-state index in [1.165, 1.54) is 51.5 Å². The first-order chi connectivity index (χ1) is 13.3. The number of benzene rings is 4. The van der Waals surface area contributed by atoms with Crippen LogP contribution in [0, 0.1) is 0 Å². The summed E-state index contributed by atoms with van der Waals surface area (Å²) in [6.07, 6.45) is 0. The van der Waals surface area contributed by atoms with Crippen molar-refractivity contribution in [3.63, 3.8) is 0 Å². The molecule has 6 aromatic rings. The largest absolute Gasteiger partial charge is 0.135 e. The van der Waals surface area contributed by atoms with Crippen LogP contribution >= 0.6 is 34.3 Å². The van der Waals surface area contributed by atoms with Crippen molar-refractivity contribution in [3.8, 4) is 11.1 Å². The molecule has 0 aliphatic carbocycles. The van der Waals surface area contributed by atoms with E-state index in [9.17, 15) is 0 Å². The molecule has 0 bridgehead atoms. The minimum absolute atomic E-state index is 0.791. The molecule has 0 N–H and O–H groups in total. The van der Waals surface area contributed by atoms with Gasteiger partial charge in [0.15, 0.2) is 0 Å². The predicted molar refractivity (Wildman–Crippen MR) is 123 cm³/mol. The van der Waals surface area contributed by atoms with Crippen LogP contribution in [0.2, 0.25) is 5.02 Å². The van der Waals surface area contributed by atoms with E-state index in [-0.39, 0.29) is 0 Å². The summed E-state index contributed by atoms with van der Waals surface area (Å²) in [5.74, 6) is 0. The van der Waals surface area contributed by atoms with Crippen LogP contribution in [0.25, 0.3) is 51.5 Å². The van der Waals surface area contributed by atoms with Gasteiger partial charge in [-0.3, -0.25) is 0 Å². The van der Waals surface area contributed by atoms with Crippen molar-refractivity contribution in [2.45, 2.75) is 0 Å². The first-order valence-corrected chi connectivity index (χ1v) is 10.8. The van der Waals surface area contributed by atoms with Crippen LogP contribution in [0.1, 0.15) is 0 Å². The van der Waals surface area contributed by atoms with Crippen molar-refractivity contribution in [1.82, 2.24) is 0 Å². The Kier molecular flexibility index (Phi) is 3.36. The lowest BCUT2D eigenvalue weighted by molar-refractivity contribution is 1.72. The maximum Gasteiger partial charge on any atom is 0.0413 e. The summed E-state index contributed by atoms with van der Waals surface area (Å²) in [5.41, 5.74) is 2.51. The van der Waals surface area contributed by atoms with Crippen LogP contribution < -0.4 is 0 Å². The molecule has 4 aromatic carbocycles. The molecule has 6 rings (SSSR count). The van der Waals surface area contributed by atoms with Gasteiger partial charge < -0.3 is 0 Å². The fraction of sp³-hybridized carbons (Fsp3) is 0. The molecule has 0 radical (unpaired) electrons. The van der Waals surface area contributed by atoms with E-state index in [1.807, 2.05) is 28.7 Å². The fourth-order valence-corrected chi connectivity index (χ4v) is 6.16. The minimum Gasteiger partial charge on any atom is -0.135 e. The van der Waals surface area contributed by atoms with Crippen molar-refractivity contribution in [3.05, 3.63) is 83.9 Å². The van der Waals surface area contributed by atoms with Gasteiger partial charge in [0, 0.05) is 45.4 Å². The molecule has 0 aliphatic rings. The zero-order chi connectivity index (χ0) is 18.0. The van der Waals surface area contributed by atoms with E-state index in [0.717, 1.165) is 5.02 Å². The molecule has 0 saturated heterocycles. The van der Waals surface area contributed by atoms with Crippen molar-refractivity contribution < 1.29 is 0 Å². The highest BCUT2D eigenvalue weighted by Crippen LogP contribution is 2.39. The maximum atomic E-state index is 6.25. The third-order valence-corrected chi connectivity index (χ3v) is 7.68. The van der Waals surface area contributed by atoms with Crippen LogP contribution in [0.15, 0.2) is 78.9 Å². The van der Waals surface area contributed by atoms with Crippen LogP contribution in [0.4, 0.5) is 0 Å². The fourth-order valence-electron chi connectivity index (χ4n) is 3.83. The van der Waals surface area contributed by atoms with Gasteiger partial charge in [0.05, 0.1) is 0 Å². The van der Waals surface area contributed by atoms with Gasteiger partial charge in [0.1, 0.15) is 0 Å². The number of rotatable bonds is 1. The Morgan fingerprint density at radius 3 is 1.70 bits per heavy atom. The Morgan fingerprint density at radius 2 is 1.00 bits per heavy atom. The van der Waals surface area contributed by atoms with E-state index >= 15 is 0 Å². The molecule has 2 heterocycles. The normalized spacial score (nSPS) is 11.9. The molecule has 0 fully saturated rings. The lowest BCUT2D eigenvalue weighted by atomic mass is 10.0. The second-order valence-electron chi connectivity index (χ2n) is 6.76. The van der Waals surface area contributed by atoms with Gasteiger partial charge in [-0.2, -0.15) is 0 Å². The Morgan fingerprint density at radius 1 is 0.481 bits per heavy atom. The van der Waals surface area contributed by atoms with Crippen LogP contribution in [0.3, 0.4) is 0 Å². The van der Waals surface area contributed by atoms with Gasteiger partial charge in [-0.1, -0.05) is 41.9 Å². The highest BCUT2D eigenvalue weighted by molar-refractivity contribution is 7.26. The second kappa shape index (κ2) is 5.80. The second-order valence-corrected chi connectivity index (χ2v) is 9.37. The monoisotopic (exact) mass is 400 g/mol. The smallest absolute Gasteiger partial charge is 0.0413 e. The molecule has 0 nitrogen and oxygen atoms in total. The van der Waals surface area contributed by atoms with Crippen LogP contribution in [-0.4, -0.2) is 0 Å². The lowest BCUT2D eigenvalue weighted by Crippen LogP contribution is -1.78. The number of halogens is 1. The van der Waals surface area contributed by atoms with Gasteiger partial charge in [-0.05, 0) is 59.7 Å². The summed E-state index contributed by atoms with van der Waals surface area (Å²) in [6, 6.07) is 28.4. The first-order valence-electron chi connectivity index (χ1n) is 8.80. The Bertz CT molecular complexity index is 1490. The Labute approximate surface area is 169 Å². The van der Waals surface area contributed by atoms with E-state index in [4.69, 9.17) is 11.6 Å². The first kappa shape index (κ1) is 15.6. The average molecular weight is 401 g/mol. The maximum absolute atomic E-state index is 6.25. The SMILES string of the molecule is Clc1ccc2sc3ccc(-c4ccc5sc6ccccc6c5c4)cc3c2c1. The van der Waals surface area contributed by atoms with E-state index in [2.05, 4.69) is 72.8 Å². The third kappa shape index (κ3) is 2.41. The van der Waals surface area contributed by atoms with Crippen molar-refractivity contribution >= 4 is 74.6 Å². The molecule has 2 aromatic heterocycles. The number of thiophene rings is 2. The molecule has 0 saturated carbocycles. The van der Waals surface area contributed by atoms with Gasteiger partial charge >= 0.3 is 0 Å². The highest BCUT2D eigenvalue weighted by atomic mass is 35.5. The number of fused-ring (bicyclic) bond motifs is 6. The molecule has 0 amide bonds. The van der Waals surface area contributed by atoms with Gasteiger partial charge in [0.2, 0.25) is 0 Å². The molecule has 27 heavy (non-hydrogen) atoms. The summed E-state index contributed by atoms with van der Waals surface area (Å²) < 4.78 is 5.27. The topological polar surface area (TPSA) is 0 Å². The molecule has 3 heteroatoms. The molecule has 0 unspecified atom stereocenters. The van der Waals surface area contributed by atoms with E-state index in [0.29, 0.717) is 0 Å². The van der Waals surface area contributed by atoms with Gasteiger partial charge in [0.25, 0.3) is 0 Å². The summed E-state index contributed by atoms with van der Waals surface area (Å²) >= 11 is 9.93. The lowest BCUT2D eigenvalue weighted by Gasteiger charge is -2.03. The Hall–Kier alpha value is -2.39. The Balaban J connectivity index is 1.61. The van der Waals surface area contributed by atoms with Gasteiger partial charge in [-0.25, -0.2) is 0 Å². The predicted octanol–water partition coefficient (Wildman–Crippen LogP) is 8.74. The molecular weight excluding hydrogens is 388 g/mol. The van der Waals surface area contributed by atoms with Crippen molar-refractivity contribution in [2.24, 2.45) is 0 Å². The third-order valence-electron chi connectivity index (χ3n) is 5.14. The van der Waals surface area contributed by atoms with Crippen molar-refractivity contribution in [1.29, 1.82) is 0 Å². The summed E-state index contributed by atoms with van der Waals surface area (Å²) in [7, 11) is 0. The zero-order valence-corrected chi connectivity index (χ0v) is 16.6. The number of hydrogen-bond donors (Lipinski definition) is 0. The quantitative estimate of drug-likeness (QED) is 0.259. The molecule has 0 atom stereocenters. The summed E-state index contributed by atoms with van der Waals surface area (Å²) in [4.78, 5) is 0.